The van der Waals surface area contributed by atoms with E-state index in [1.165, 1.54) is 4.90 Å². The van der Waals surface area contributed by atoms with Crippen molar-refractivity contribution in [2.45, 2.75) is 53.9 Å². The maximum absolute atomic E-state index is 13.9. The highest BCUT2D eigenvalue weighted by atomic mass is 32.2. The van der Waals surface area contributed by atoms with Crippen molar-refractivity contribution in [1.29, 1.82) is 0 Å². The molecule has 37 heavy (non-hydrogen) atoms. The maximum Gasteiger partial charge on any atom is 0.430 e. The molecule has 4 rings (SSSR count). The Bertz CT molecular complexity index is 1250. The van der Waals surface area contributed by atoms with E-state index in [-0.39, 0.29) is 16.5 Å². The molecule has 1 aliphatic rings. The van der Waals surface area contributed by atoms with Crippen LogP contribution in [-0.2, 0) is 10.4 Å². The van der Waals surface area contributed by atoms with Gasteiger partial charge in [0.2, 0.25) is 5.91 Å². The van der Waals surface area contributed by atoms with E-state index in [0.717, 1.165) is 23.4 Å². The fourth-order valence-corrected chi connectivity index (χ4v) is 5.85. The Morgan fingerprint density at radius 1 is 0.892 bits per heavy atom. The summed E-state index contributed by atoms with van der Waals surface area (Å²) in [6.45, 7) is 3.46. The molecule has 1 heterocycles. The van der Waals surface area contributed by atoms with Gasteiger partial charge >= 0.3 is 12.4 Å². The summed E-state index contributed by atoms with van der Waals surface area (Å²) >= 11 is 1.06. The van der Waals surface area contributed by atoms with Crippen LogP contribution in [0, 0.1) is 0 Å². The van der Waals surface area contributed by atoms with E-state index in [2.05, 4.69) is 0 Å². The first-order valence-electron chi connectivity index (χ1n) is 11.4. The van der Waals surface area contributed by atoms with Crippen molar-refractivity contribution in [3.63, 3.8) is 0 Å². The summed E-state index contributed by atoms with van der Waals surface area (Å²) in [5.41, 5.74) is -4.74. The van der Waals surface area contributed by atoms with E-state index in [9.17, 15) is 36.2 Å². The van der Waals surface area contributed by atoms with Gasteiger partial charge in [-0.1, -0.05) is 73.7 Å². The zero-order chi connectivity index (χ0) is 27.2. The number of amides is 1. The average molecular weight is 540 g/mol. The second-order valence-corrected chi connectivity index (χ2v) is 10.3. The third kappa shape index (κ3) is 4.72. The van der Waals surface area contributed by atoms with Gasteiger partial charge in [-0.2, -0.15) is 26.3 Å². The normalized spacial score (nSPS) is 19.3. The number of rotatable bonds is 4. The van der Waals surface area contributed by atoms with E-state index < -0.39 is 40.7 Å². The molecule has 0 aromatic heterocycles. The molecule has 0 radical (unpaired) electrons. The van der Waals surface area contributed by atoms with Crippen LogP contribution in [0.25, 0.3) is 0 Å². The summed E-state index contributed by atoms with van der Waals surface area (Å²) in [5, 5.41) is 9.50. The molecule has 196 valence electrons. The Labute approximate surface area is 214 Å². The lowest BCUT2D eigenvalue weighted by Gasteiger charge is -2.43. The molecule has 0 saturated carbocycles. The highest BCUT2D eigenvalue weighted by Gasteiger charge is 2.71. The second kappa shape index (κ2) is 9.72. The zero-order valence-electron chi connectivity index (χ0n) is 19.7. The topological polar surface area (TPSA) is 40.5 Å². The van der Waals surface area contributed by atoms with Gasteiger partial charge in [-0.25, -0.2) is 0 Å². The van der Waals surface area contributed by atoms with E-state index in [0.29, 0.717) is 17.7 Å². The molecule has 0 fully saturated rings. The van der Waals surface area contributed by atoms with Gasteiger partial charge in [-0.15, -0.1) is 11.8 Å². The van der Waals surface area contributed by atoms with Crippen molar-refractivity contribution in [1.82, 2.24) is 0 Å². The fraction of sp³-hybridized carbons (Fsp3) is 0.296. The third-order valence-corrected chi connectivity index (χ3v) is 7.75. The minimum absolute atomic E-state index is 0.0396. The van der Waals surface area contributed by atoms with Gasteiger partial charge in [0, 0.05) is 15.7 Å². The molecule has 0 spiro atoms. The van der Waals surface area contributed by atoms with Crippen LogP contribution in [0.3, 0.4) is 0 Å². The summed E-state index contributed by atoms with van der Waals surface area (Å²) in [7, 11) is 0. The highest BCUT2D eigenvalue weighted by molar-refractivity contribution is 8.00. The van der Waals surface area contributed by atoms with Crippen LogP contribution in [0.1, 0.15) is 42.5 Å². The fourth-order valence-electron chi connectivity index (χ4n) is 4.56. The van der Waals surface area contributed by atoms with E-state index in [4.69, 9.17) is 0 Å². The zero-order valence-corrected chi connectivity index (χ0v) is 20.5. The molecule has 0 aliphatic carbocycles. The lowest BCUT2D eigenvalue weighted by atomic mass is 9.91. The Morgan fingerprint density at radius 2 is 1.43 bits per heavy atom. The van der Waals surface area contributed by atoms with Gasteiger partial charge in [0.05, 0.1) is 17.6 Å². The molecule has 10 heteroatoms. The first-order valence-corrected chi connectivity index (χ1v) is 12.2. The number of benzene rings is 3. The number of nitrogens with zero attached hydrogens (tertiary/aromatic N) is 1. The number of anilines is 1. The van der Waals surface area contributed by atoms with E-state index in [1.54, 1.807) is 62.4 Å². The number of carbonyl (C=O) groups is 1. The summed E-state index contributed by atoms with van der Waals surface area (Å²) in [5.74, 6) is -0.999. The van der Waals surface area contributed by atoms with Gasteiger partial charge < -0.3 is 10.0 Å². The molecule has 0 bridgehead atoms. The van der Waals surface area contributed by atoms with Crippen LogP contribution >= 0.6 is 11.8 Å². The molecule has 3 aromatic carbocycles. The van der Waals surface area contributed by atoms with Crippen molar-refractivity contribution in [2.24, 2.45) is 0 Å². The predicted octanol–water partition coefficient (Wildman–Crippen LogP) is 7.37. The van der Waals surface area contributed by atoms with Crippen LogP contribution in [-0.4, -0.2) is 28.6 Å². The molecular formula is C27H23F6NO2S. The monoisotopic (exact) mass is 539 g/mol. The Balaban J connectivity index is 1.88. The molecule has 1 N–H and O–H groups in total. The molecule has 1 aliphatic heterocycles. The van der Waals surface area contributed by atoms with Crippen molar-refractivity contribution in [2.75, 3.05) is 4.90 Å². The number of aliphatic hydroxyl groups is 1. The smallest absolute Gasteiger partial charge is 0.369 e. The summed E-state index contributed by atoms with van der Waals surface area (Å²) in [6.07, 6.45) is -12.0. The lowest BCUT2D eigenvalue weighted by Crippen LogP contribution is -2.54. The van der Waals surface area contributed by atoms with Crippen molar-refractivity contribution >= 4 is 23.4 Å². The van der Waals surface area contributed by atoms with Gasteiger partial charge in [0.1, 0.15) is 0 Å². The molecule has 0 saturated heterocycles. The number of thioether (sulfide) groups is 1. The highest BCUT2D eigenvalue weighted by Crippen LogP contribution is 2.54. The predicted molar refractivity (Wildman–Crippen MR) is 129 cm³/mol. The van der Waals surface area contributed by atoms with Crippen LogP contribution < -0.4 is 4.90 Å². The van der Waals surface area contributed by atoms with Gasteiger partial charge in [-0.3, -0.25) is 4.79 Å². The standard InChI is InChI=1S/C27H23F6NO2S/c1-16(18-9-5-3-6-10-18)24(35)34-21-14-13-20(25(36,26(28,29)30)27(31,32)33)15-22(21)37-17(2)23(34)19-11-7-4-8-12-19/h3-17,23,36H,1-2H3/t16-,17-,23-/m0/s1. The van der Waals surface area contributed by atoms with Crippen LogP contribution in [0.15, 0.2) is 83.8 Å². The molecule has 3 atom stereocenters. The third-order valence-electron chi connectivity index (χ3n) is 6.54. The van der Waals surface area contributed by atoms with E-state index in [1.807, 2.05) is 12.1 Å². The Morgan fingerprint density at radius 3 is 1.97 bits per heavy atom. The number of alkyl halides is 6. The quantitative estimate of drug-likeness (QED) is 0.352. The summed E-state index contributed by atoms with van der Waals surface area (Å²) < 4.78 is 81.2. The van der Waals surface area contributed by atoms with Crippen LogP contribution in [0.2, 0.25) is 0 Å². The molecule has 0 unspecified atom stereocenters. The van der Waals surface area contributed by atoms with Gasteiger partial charge in [-0.05, 0) is 30.2 Å². The lowest BCUT2D eigenvalue weighted by molar-refractivity contribution is -0.376. The second-order valence-electron chi connectivity index (χ2n) is 8.91. The van der Waals surface area contributed by atoms with Crippen LogP contribution in [0.4, 0.5) is 32.0 Å². The minimum atomic E-state index is -6.01. The van der Waals surface area contributed by atoms with E-state index >= 15 is 0 Å². The number of halogens is 6. The molecule has 1 amide bonds. The Kier molecular flexibility index (Phi) is 7.11. The minimum Gasteiger partial charge on any atom is -0.369 e. The van der Waals surface area contributed by atoms with Gasteiger partial charge in [0.15, 0.2) is 0 Å². The van der Waals surface area contributed by atoms with Gasteiger partial charge in [0.25, 0.3) is 5.60 Å². The number of fused-ring (bicyclic) bond motifs is 1. The number of carbonyl (C=O) groups excluding carboxylic acids is 1. The maximum atomic E-state index is 13.9. The van der Waals surface area contributed by atoms with Crippen molar-refractivity contribution in [3.8, 4) is 0 Å². The molecule has 3 aromatic rings. The largest absolute Gasteiger partial charge is 0.430 e. The Hall–Kier alpha value is -2.98. The first-order chi connectivity index (χ1) is 17.3. The van der Waals surface area contributed by atoms with Crippen LogP contribution in [0.5, 0.6) is 0 Å². The summed E-state index contributed by atoms with van der Waals surface area (Å²) in [6, 6.07) is 19.7. The number of hydrogen-bond acceptors (Lipinski definition) is 3. The van der Waals surface area contributed by atoms with Crippen molar-refractivity contribution in [3.05, 3.63) is 95.6 Å². The number of hydrogen-bond donors (Lipinski definition) is 1. The SMILES string of the molecule is C[C@H](C(=O)N1c2ccc(C(O)(C(F)(F)F)C(F)(F)F)cc2S[C@@H](C)[C@H]1c1ccccc1)c1ccccc1. The average Bonchev–Trinajstić information content (AvgIpc) is 2.85. The summed E-state index contributed by atoms with van der Waals surface area (Å²) in [4.78, 5) is 15.4. The first kappa shape index (κ1) is 27.1. The molecule has 3 nitrogen and oxygen atoms in total. The molecular weight excluding hydrogens is 516 g/mol. The van der Waals surface area contributed by atoms with Crippen molar-refractivity contribution < 1.29 is 36.2 Å².